The summed E-state index contributed by atoms with van der Waals surface area (Å²) in [6.07, 6.45) is 2.04. The molecule has 1 fully saturated rings. The number of nitrogens with one attached hydrogen (secondary N) is 1. The van der Waals surface area contributed by atoms with Gasteiger partial charge in [-0.25, -0.2) is 4.39 Å². The number of rotatable bonds is 7. The molecule has 0 spiro atoms. The van der Waals surface area contributed by atoms with Gasteiger partial charge in [0.15, 0.2) is 11.0 Å². The van der Waals surface area contributed by atoms with E-state index in [9.17, 15) is 9.18 Å². The van der Waals surface area contributed by atoms with Crippen LogP contribution >= 0.6 is 23.4 Å². The minimum absolute atomic E-state index is 0.0662. The lowest BCUT2D eigenvalue weighted by Crippen LogP contribution is -2.18. The van der Waals surface area contributed by atoms with Gasteiger partial charge in [0.25, 0.3) is 0 Å². The highest BCUT2D eigenvalue weighted by atomic mass is 35.5. The van der Waals surface area contributed by atoms with Gasteiger partial charge in [-0.3, -0.25) is 9.36 Å². The lowest BCUT2D eigenvalue weighted by Gasteiger charge is -2.15. The maximum Gasteiger partial charge on any atom is 0.234 e. The number of amides is 1. The maximum atomic E-state index is 13.3. The number of halogens is 2. The number of hydrogen-bond donors (Lipinski definition) is 1. The molecule has 9 heteroatoms. The van der Waals surface area contributed by atoms with Crippen molar-refractivity contribution in [1.29, 1.82) is 0 Å². The Morgan fingerprint density at radius 3 is 2.77 bits per heavy atom. The summed E-state index contributed by atoms with van der Waals surface area (Å²) < 4.78 is 21.0. The number of ether oxygens (including phenoxy) is 1. The predicted molar refractivity (Wildman–Crippen MR) is 115 cm³/mol. The van der Waals surface area contributed by atoms with Crippen molar-refractivity contribution in [2.75, 3.05) is 17.7 Å². The van der Waals surface area contributed by atoms with Crippen LogP contribution in [0.25, 0.3) is 11.4 Å². The first kappa shape index (κ1) is 20.8. The van der Waals surface area contributed by atoms with Gasteiger partial charge >= 0.3 is 0 Å². The fourth-order valence-corrected chi connectivity index (χ4v) is 4.17. The molecule has 0 saturated carbocycles. The van der Waals surface area contributed by atoms with Crippen LogP contribution in [-0.4, -0.2) is 39.1 Å². The van der Waals surface area contributed by atoms with E-state index in [-0.39, 0.29) is 23.6 Å². The van der Waals surface area contributed by atoms with Crippen LogP contribution < -0.4 is 5.32 Å². The molecule has 0 radical (unpaired) electrons. The first-order valence-electron chi connectivity index (χ1n) is 9.58. The summed E-state index contributed by atoms with van der Waals surface area (Å²) in [7, 11) is 0. The molecule has 30 heavy (non-hydrogen) atoms. The number of carbonyl (C=O) groups excluding carboxylic acids is 1. The number of carbonyl (C=O) groups is 1. The fourth-order valence-electron chi connectivity index (χ4n) is 3.24. The summed E-state index contributed by atoms with van der Waals surface area (Å²) >= 11 is 7.39. The van der Waals surface area contributed by atoms with E-state index in [0.29, 0.717) is 28.2 Å². The van der Waals surface area contributed by atoms with E-state index in [1.54, 1.807) is 30.3 Å². The second-order valence-electron chi connectivity index (χ2n) is 6.88. The molecule has 1 amide bonds. The quantitative estimate of drug-likeness (QED) is 0.535. The van der Waals surface area contributed by atoms with Crippen LogP contribution in [0.15, 0.2) is 53.7 Å². The van der Waals surface area contributed by atoms with E-state index in [1.165, 1.54) is 23.9 Å². The van der Waals surface area contributed by atoms with Gasteiger partial charge < -0.3 is 10.1 Å². The Morgan fingerprint density at radius 1 is 1.23 bits per heavy atom. The molecule has 1 aliphatic rings. The van der Waals surface area contributed by atoms with Crippen molar-refractivity contribution in [2.24, 2.45) is 0 Å². The Kier molecular flexibility index (Phi) is 6.66. The first-order chi connectivity index (χ1) is 14.6. The molecule has 2 aromatic carbocycles. The zero-order valence-electron chi connectivity index (χ0n) is 16.1. The standard InChI is InChI=1S/C21H20ClFN4O2S/c22-17-5-1-2-6-18(17)24-19(28)13-30-21-26-25-20(14-7-9-15(23)10-8-14)27(21)12-16-4-3-11-29-16/h1-2,5-10,16H,3-4,11-13H2,(H,24,28). The van der Waals surface area contributed by atoms with E-state index in [0.717, 1.165) is 25.0 Å². The molecule has 6 nitrogen and oxygen atoms in total. The summed E-state index contributed by atoms with van der Waals surface area (Å²) in [5.41, 5.74) is 1.33. The maximum absolute atomic E-state index is 13.3. The molecule has 1 aliphatic heterocycles. The molecule has 1 atom stereocenters. The lowest BCUT2D eigenvalue weighted by molar-refractivity contribution is -0.113. The molecule has 1 aromatic heterocycles. The van der Waals surface area contributed by atoms with Crippen LogP contribution in [0.2, 0.25) is 5.02 Å². The number of thioether (sulfide) groups is 1. The summed E-state index contributed by atoms with van der Waals surface area (Å²) in [5.74, 6) is 0.274. The first-order valence-corrected chi connectivity index (χ1v) is 10.9. The van der Waals surface area contributed by atoms with E-state index >= 15 is 0 Å². The zero-order valence-corrected chi connectivity index (χ0v) is 17.6. The summed E-state index contributed by atoms with van der Waals surface area (Å²) in [6, 6.07) is 13.2. The fraction of sp³-hybridized carbons (Fsp3) is 0.286. The van der Waals surface area contributed by atoms with Gasteiger partial charge in [0.05, 0.1) is 29.1 Å². The predicted octanol–water partition coefficient (Wildman–Crippen LogP) is 4.65. The number of hydrogen-bond acceptors (Lipinski definition) is 5. The molecule has 1 unspecified atom stereocenters. The van der Waals surface area contributed by atoms with E-state index in [4.69, 9.17) is 16.3 Å². The summed E-state index contributed by atoms with van der Waals surface area (Å²) in [6.45, 7) is 1.32. The van der Waals surface area contributed by atoms with Crippen molar-refractivity contribution in [3.63, 3.8) is 0 Å². The third-order valence-corrected chi connectivity index (χ3v) is 6.01. The summed E-state index contributed by atoms with van der Waals surface area (Å²) in [5, 5.41) is 12.5. The highest BCUT2D eigenvalue weighted by molar-refractivity contribution is 7.99. The minimum Gasteiger partial charge on any atom is -0.376 e. The SMILES string of the molecule is O=C(CSc1nnc(-c2ccc(F)cc2)n1CC1CCCO1)Nc1ccccc1Cl. The van der Waals surface area contributed by atoms with Crippen molar-refractivity contribution in [2.45, 2.75) is 30.6 Å². The highest BCUT2D eigenvalue weighted by Gasteiger charge is 2.22. The molecular weight excluding hydrogens is 427 g/mol. The lowest BCUT2D eigenvalue weighted by atomic mass is 10.2. The van der Waals surface area contributed by atoms with Crippen LogP contribution in [0.4, 0.5) is 10.1 Å². The molecule has 3 aromatic rings. The number of para-hydroxylation sites is 1. The van der Waals surface area contributed by atoms with E-state index < -0.39 is 0 Å². The average Bonchev–Trinajstić information content (AvgIpc) is 3.39. The number of benzene rings is 2. The second kappa shape index (κ2) is 9.59. The Bertz CT molecular complexity index is 1020. The van der Waals surface area contributed by atoms with Crippen molar-refractivity contribution in [3.05, 3.63) is 59.4 Å². The molecule has 4 rings (SSSR count). The number of anilines is 1. The van der Waals surface area contributed by atoms with Gasteiger partial charge in [-0.05, 0) is 49.2 Å². The smallest absolute Gasteiger partial charge is 0.234 e. The normalized spacial score (nSPS) is 16.0. The van der Waals surface area contributed by atoms with Crippen molar-refractivity contribution >= 4 is 35.0 Å². The molecular formula is C21H20ClFN4O2S. The van der Waals surface area contributed by atoms with Crippen molar-refractivity contribution < 1.29 is 13.9 Å². The Hall–Kier alpha value is -2.42. The highest BCUT2D eigenvalue weighted by Crippen LogP contribution is 2.27. The van der Waals surface area contributed by atoms with Crippen molar-refractivity contribution in [1.82, 2.24) is 14.8 Å². The average molecular weight is 447 g/mol. The van der Waals surface area contributed by atoms with Gasteiger partial charge in [0.2, 0.25) is 5.91 Å². The van der Waals surface area contributed by atoms with Crippen LogP contribution in [0, 0.1) is 5.82 Å². The third-order valence-electron chi connectivity index (χ3n) is 4.71. The van der Waals surface area contributed by atoms with E-state index in [2.05, 4.69) is 15.5 Å². The summed E-state index contributed by atoms with van der Waals surface area (Å²) in [4.78, 5) is 12.4. The van der Waals surface area contributed by atoms with Gasteiger partial charge in [0.1, 0.15) is 5.82 Å². The van der Waals surface area contributed by atoms with Crippen LogP contribution in [0.1, 0.15) is 12.8 Å². The Labute approximate surface area is 182 Å². The molecule has 0 bridgehead atoms. The Balaban J connectivity index is 1.51. The number of aromatic nitrogens is 3. The van der Waals surface area contributed by atoms with Gasteiger partial charge in [-0.15, -0.1) is 10.2 Å². The van der Waals surface area contributed by atoms with Gasteiger partial charge in [-0.1, -0.05) is 35.5 Å². The topological polar surface area (TPSA) is 69.0 Å². The monoisotopic (exact) mass is 446 g/mol. The van der Waals surface area contributed by atoms with Gasteiger partial charge in [0, 0.05) is 12.2 Å². The van der Waals surface area contributed by atoms with Crippen LogP contribution in [0.3, 0.4) is 0 Å². The van der Waals surface area contributed by atoms with Crippen molar-refractivity contribution in [3.8, 4) is 11.4 Å². The second-order valence-corrected chi connectivity index (χ2v) is 8.23. The zero-order chi connectivity index (χ0) is 20.9. The molecule has 1 N–H and O–H groups in total. The molecule has 1 saturated heterocycles. The van der Waals surface area contributed by atoms with Gasteiger partial charge in [-0.2, -0.15) is 0 Å². The minimum atomic E-state index is -0.310. The molecule has 156 valence electrons. The Morgan fingerprint density at radius 2 is 2.03 bits per heavy atom. The van der Waals surface area contributed by atoms with Crippen LogP contribution in [-0.2, 0) is 16.1 Å². The molecule has 2 heterocycles. The number of nitrogens with zero attached hydrogens (tertiary/aromatic N) is 3. The molecule has 0 aliphatic carbocycles. The largest absolute Gasteiger partial charge is 0.376 e. The van der Waals surface area contributed by atoms with E-state index in [1.807, 2.05) is 10.6 Å². The van der Waals surface area contributed by atoms with Crippen LogP contribution in [0.5, 0.6) is 0 Å². The third kappa shape index (κ3) is 5.00.